The van der Waals surface area contributed by atoms with Crippen molar-refractivity contribution in [2.24, 2.45) is 0 Å². The van der Waals surface area contributed by atoms with E-state index in [1.807, 2.05) is 24.4 Å². The molecule has 3 heterocycles. The van der Waals surface area contributed by atoms with Gasteiger partial charge in [0.25, 0.3) is 0 Å². The van der Waals surface area contributed by atoms with Crippen molar-refractivity contribution in [3.05, 3.63) is 70.5 Å². The van der Waals surface area contributed by atoms with Gasteiger partial charge >= 0.3 is 6.18 Å². The SMILES string of the molecule is CC(CNCc1cccs1)n1nc(C(F)(F)F)cc1-c1ccc(-c2cccc(S(C)(=O)=O)c2)s1. The molecule has 0 bridgehead atoms. The summed E-state index contributed by atoms with van der Waals surface area (Å²) >= 11 is 2.91. The van der Waals surface area contributed by atoms with Crippen molar-refractivity contribution in [2.75, 3.05) is 12.8 Å². The lowest BCUT2D eigenvalue weighted by atomic mass is 10.2. The van der Waals surface area contributed by atoms with Gasteiger partial charge in [0.2, 0.25) is 0 Å². The molecule has 0 aliphatic rings. The van der Waals surface area contributed by atoms with Gasteiger partial charge in [-0.2, -0.15) is 18.3 Å². The fourth-order valence-corrected chi connectivity index (χ4v) is 5.82. The second-order valence-corrected chi connectivity index (χ2v) is 12.0. The second-order valence-electron chi connectivity index (χ2n) is 7.88. The summed E-state index contributed by atoms with van der Waals surface area (Å²) in [4.78, 5) is 2.70. The van der Waals surface area contributed by atoms with Gasteiger partial charge in [-0.05, 0) is 54.3 Å². The summed E-state index contributed by atoms with van der Waals surface area (Å²) in [6.45, 7) is 2.89. The largest absolute Gasteiger partial charge is 0.435 e. The highest BCUT2D eigenvalue weighted by Gasteiger charge is 2.35. The molecule has 0 fully saturated rings. The number of thiophene rings is 2. The molecule has 3 aromatic heterocycles. The molecule has 0 saturated heterocycles. The van der Waals surface area contributed by atoms with Crippen LogP contribution < -0.4 is 5.32 Å². The van der Waals surface area contributed by atoms with Crippen LogP contribution in [0.15, 0.2) is 64.9 Å². The summed E-state index contributed by atoms with van der Waals surface area (Å²) < 4.78 is 65.7. The van der Waals surface area contributed by atoms with E-state index < -0.39 is 21.7 Å². The molecule has 11 heteroatoms. The molecular formula is C23H22F3N3O2S3. The summed E-state index contributed by atoms with van der Waals surface area (Å²) in [6, 6.07) is 14.7. The Morgan fingerprint density at radius 3 is 2.53 bits per heavy atom. The van der Waals surface area contributed by atoms with Gasteiger partial charge < -0.3 is 5.32 Å². The van der Waals surface area contributed by atoms with E-state index in [-0.39, 0.29) is 10.9 Å². The highest BCUT2D eigenvalue weighted by atomic mass is 32.2. The zero-order valence-corrected chi connectivity index (χ0v) is 20.8. The Balaban J connectivity index is 1.63. The first-order valence-electron chi connectivity index (χ1n) is 10.3. The maximum atomic E-state index is 13.5. The number of hydrogen-bond acceptors (Lipinski definition) is 6. The van der Waals surface area contributed by atoms with Crippen molar-refractivity contribution in [3.63, 3.8) is 0 Å². The van der Waals surface area contributed by atoms with Crippen molar-refractivity contribution in [3.8, 4) is 21.0 Å². The smallest absolute Gasteiger partial charge is 0.310 e. The summed E-state index contributed by atoms with van der Waals surface area (Å²) in [5, 5.41) is 9.14. The summed E-state index contributed by atoms with van der Waals surface area (Å²) in [7, 11) is -3.38. The van der Waals surface area contributed by atoms with Crippen molar-refractivity contribution in [1.29, 1.82) is 0 Å². The van der Waals surface area contributed by atoms with Gasteiger partial charge in [0.05, 0.1) is 21.5 Å². The van der Waals surface area contributed by atoms with E-state index in [9.17, 15) is 21.6 Å². The van der Waals surface area contributed by atoms with Crippen LogP contribution >= 0.6 is 22.7 Å². The van der Waals surface area contributed by atoms with E-state index >= 15 is 0 Å². The molecule has 0 radical (unpaired) electrons. The third kappa shape index (κ3) is 5.60. The molecule has 0 amide bonds. The highest BCUT2D eigenvalue weighted by molar-refractivity contribution is 7.90. The molecule has 5 nitrogen and oxygen atoms in total. The molecule has 0 aliphatic heterocycles. The van der Waals surface area contributed by atoms with Gasteiger partial charge in [-0.25, -0.2) is 8.42 Å². The summed E-state index contributed by atoms with van der Waals surface area (Å²) in [5.74, 6) is 0. The molecule has 4 rings (SSSR count). The van der Waals surface area contributed by atoms with Gasteiger partial charge in [0.15, 0.2) is 15.5 Å². The maximum Gasteiger partial charge on any atom is 0.435 e. The van der Waals surface area contributed by atoms with Gasteiger partial charge in [-0.15, -0.1) is 22.7 Å². The molecular weight excluding hydrogens is 503 g/mol. The summed E-state index contributed by atoms with van der Waals surface area (Å²) in [5.41, 5.74) is 0.113. The predicted molar refractivity (Wildman–Crippen MR) is 130 cm³/mol. The zero-order valence-electron chi connectivity index (χ0n) is 18.3. The molecule has 180 valence electrons. The Bertz CT molecular complexity index is 1370. The van der Waals surface area contributed by atoms with Crippen LogP contribution in [0.4, 0.5) is 13.2 Å². The number of rotatable bonds is 8. The number of halogens is 3. The first kappa shape index (κ1) is 24.6. The van der Waals surface area contributed by atoms with Crippen LogP contribution in [-0.4, -0.2) is 31.0 Å². The van der Waals surface area contributed by atoms with E-state index in [1.54, 1.807) is 41.7 Å². The highest BCUT2D eigenvalue weighted by Crippen LogP contribution is 2.38. The van der Waals surface area contributed by atoms with Crippen LogP contribution in [0, 0.1) is 0 Å². The molecule has 0 spiro atoms. The molecule has 1 N–H and O–H groups in total. The van der Waals surface area contributed by atoms with E-state index in [0.717, 1.165) is 22.1 Å². The lowest BCUT2D eigenvalue weighted by Crippen LogP contribution is -2.24. The number of alkyl halides is 3. The molecule has 0 aliphatic carbocycles. The topological polar surface area (TPSA) is 64.0 Å². The monoisotopic (exact) mass is 525 g/mol. The molecule has 1 unspecified atom stereocenters. The number of aromatic nitrogens is 2. The minimum atomic E-state index is -4.56. The van der Waals surface area contributed by atoms with E-state index in [4.69, 9.17) is 0 Å². The fourth-order valence-electron chi connectivity index (χ4n) is 3.47. The average Bonchev–Trinajstić information content (AvgIpc) is 3.52. The minimum absolute atomic E-state index is 0.190. The standard InChI is InChI=1S/C23H22F3N3O2S3/c1-15(13-27-14-17-6-4-10-32-17)29-19(12-22(28-29)23(24,25)26)21-9-8-20(33-21)16-5-3-7-18(11-16)34(2,30)31/h3-12,15,27H,13-14H2,1-2H3. The summed E-state index contributed by atoms with van der Waals surface area (Å²) in [6.07, 6.45) is -3.43. The van der Waals surface area contributed by atoms with Crippen LogP contribution in [0.5, 0.6) is 0 Å². The second kappa shape index (κ2) is 9.65. The van der Waals surface area contributed by atoms with Gasteiger partial charge in [0.1, 0.15) is 0 Å². The van der Waals surface area contributed by atoms with Crippen LogP contribution in [0.2, 0.25) is 0 Å². The van der Waals surface area contributed by atoms with Gasteiger partial charge in [0, 0.05) is 29.1 Å². The van der Waals surface area contributed by atoms with Crippen LogP contribution in [0.3, 0.4) is 0 Å². The average molecular weight is 526 g/mol. The molecule has 4 aromatic rings. The number of nitrogens with zero attached hydrogens (tertiary/aromatic N) is 2. The molecule has 1 atom stereocenters. The number of hydrogen-bond donors (Lipinski definition) is 1. The van der Waals surface area contributed by atoms with Crippen molar-refractivity contribution in [1.82, 2.24) is 15.1 Å². The minimum Gasteiger partial charge on any atom is -0.310 e. The first-order chi connectivity index (χ1) is 16.0. The first-order valence-corrected chi connectivity index (χ1v) is 13.9. The Morgan fingerprint density at radius 1 is 1.09 bits per heavy atom. The van der Waals surface area contributed by atoms with Crippen molar-refractivity contribution >= 4 is 32.5 Å². The third-order valence-electron chi connectivity index (χ3n) is 5.17. The van der Waals surface area contributed by atoms with Crippen LogP contribution in [0.25, 0.3) is 21.0 Å². The number of sulfone groups is 1. The fraction of sp³-hybridized carbons (Fsp3) is 0.261. The van der Waals surface area contributed by atoms with E-state index in [1.165, 1.54) is 22.1 Å². The Hall–Kier alpha value is -2.47. The zero-order chi connectivity index (χ0) is 24.5. The Labute approximate surface area is 203 Å². The predicted octanol–water partition coefficient (Wildman–Crippen LogP) is 6.11. The maximum absolute atomic E-state index is 13.5. The Morgan fingerprint density at radius 2 is 1.85 bits per heavy atom. The number of nitrogens with one attached hydrogen (secondary N) is 1. The van der Waals surface area contributed by atoms with Gasteiger partial charge in [-0.1, -0.05) is 18.2 Å². The lowest BCUT2D eigenvalue weighted by molar-refractivity contribution is -0.141. The van der Waals surface area contributed by atoms with E-state index in [0.29, 0.717) is 29.2 Å². The van der Waals surface area contributed by atoms with Crippen LogP contribution in [-0.2, 0) is 22.6 Å². The quantitative estimate of drug-likeness (QED) is 0.301. The van der Waals surface area contributed by atoms with E-state index in [2.05, 4.69) is 10.4 Å². The van der Waals surface area contributed by atoms with Crippen molar-refractivity contribution < 1.29 is 21.6 Å². The van der Waals surface area contributed by atoms with Gasteiger partial charge in [-0.3, -0.25) is 4.68 Å². The molecule has 34 heavy (non-hydrogen) atoms. The molecule has 1 aromatic carbocycles. The third-order valence-corrected chi connectivity index (χ3v) is 8.31. The Kier molecular flexibility index (Phi) is 6.99. The van der Waals surface area contributed by atoms with Crippen LogP contribution in [0.1, 0.15) is 23.5 Å². The normalized spacial score (nSPS) is 13.3. The molecule has 0 saturated carbocycles. The van der Waals surface area contributed by atoms with Crippen molar-refractivity contribution in [2.45, 2.75) is 30.6 Å². The lowest BCUT2D eigenvalue weighted by Gasteiger charge is -2.16. The number of benzene rings is 1.